The van der Waals surface area contributed by atoms with E-state index in [1.54, 1.807) is 30.3 Å². The monoisotopic (exact) mass is 357 g/mol. The van der Waals surface area contributed by atoms with Gasteiger partial charge in [-0.05, 0) is 34.5 Å². The number of para-hydroxylation sites is 1. The minimum absolute atomic E-state index is 0.0258. The smallest absolute Gasteiger partial charge is 0.345 e. The topological polar surface area (TPSA) is 75.6 Å². The van der Waals surface area contributed by atoms with E-state index < -0.39 is 17.3 Å². The second kappa shape index (κ2) is 6.80. The third-order valence-corrected chi connectivity index (χ3v) is 4.25. The molecule has 0 aliphatic carbocycles. The Labute approximate surface area is 155 Å². The van der Waals surface area contributed by atoms with Crippen molar-refractivity contribution in [2.75, 3.05) is 5.32 Å². The average Bonchev–Trinajstić information content (AvgIpc) is 2.98. The number of carboxylic acids is 1. The minimum Gasteiger partial charge on any atom is -0.477 e. The zero-order chi connectivity index (χ0) is 18.8. The number of rotatable bonds is 4. The lowest BCUT2D eigenvalue weighted by Crippen LogP contribution is -2.12. The number of aliphatic carboxylic acids is 1. The third kappa shape index (κ3) is 3.18. The van der Waals surface area contributed by atoms with E-state index in [0.717, 1.165) is 16.3 Å². The maximum Gasteiger partial charge on any atom is 0.345 e. The predicted octanol–water partition coefficient (Wildman–Crippen LogP) is 4.19. The van der Waals surface area contributed by atoms with Gasteiger partial charge < -0.3 is 15.2 Å². The summed E-state index contributed by atoms with van der Waals surface area (Å²) >= 11 is 0. The van der Waals surface area contributed by atoms with Crippen molar-refractivity contribution in [3.63, 3.8) is 0 Å². The van der Waals surface area contributed by atoms with Crippen molar-refractivity contribution < 1.29 is 19.4 Å². The van der Waals surface area contributed by atoms with Gasteiger partial charge in [0.25, 0.3) is 0 Å². The summed E-state index contributed by atoms with van der Waals surface area (Å²) in [6.45, 7) is 0. The SMILES string of the molecule is O=C(O)C1=C(Nc2ccccc2)O/C(=C\c2cccc3ccccc23)C1=O. The van der Waals surface area contributed by atoms with Crippen LogP contribution >= 0.6 is 0 Å². The molecule has 0 spiro atoms. The molecule has 0 aromatic heterocycles. The quantitative estimate of drug-likeness (QED) is 0.541. The van der Waals surface area contributed by atoms with Gasteiger partial charge in [-0.25, -0.2) is 4.79 Å². The van der Waals surface area contributed by atoms with E-state index in [0.29, 0.717) is 5.69 Å². The molecule has 1 aliphatic heterocycles. The van der Waals surface area contributed by atoms with E-state index in [4.69, 9.17) is 4.74 Å². The molecule has 0 atom stereocenters. The van der Waals surface area contributed by atoms with Crippen LogP contribution in [0.15, 0.2) is 90.0 Å². The number of carbonyl (C=O) groups excluding carboxylic acids is 1. The number of nitrogens with one attached hydrogen (secondary N) is 1. The molecule has 3 aromatic rings. The lowest BCUT2D eigenvalue weighted by Gasteiger charge is -2.08. The van der Waals surface area contributed by atoms with Crippen LogP contribution in [0.3, 0.4) is 0 Å². The van der Waals surface area contributed by atoms with E-state index in [1.807, 2.05) is 48.5 Å². The summed E-state index contributed by atoms with van der Waals surface area (Å²) in [5.41, 5.74) is 0.998. The van der Waals surface area contributed by atoms with Crippen molar-refractivity contribution in [3.8, 4) is 0 Å². The van der Waals surface area contributed by atoms with Gasteiger partial charge in [-0.15, -0.1) is 0 Å². The minimum atomic E-state index is -1.33. The first kappa shape index (κ1) is 16.6. The molecule has 3 aromatic carbocycles. The van der Waals surface area contributed by atoms with Gasteiger partial charge in [-0.2, -0.15) is 0 Å². The van der Waals surface area contributed by atoms with Crippen molar-refractivity contribution in [1.82, 2.24) is 0 Å². The molecule has 5 nitrogen and oxygen atoms in total. The summed E-state index contributed by atoms with van der Waals surface area (Å²) in [6.07, 6.45) is 1.58. The highest BCUT2D eigenvalue weighted by Gasteiger charge is 2.36. The largest absolute Gasteiger partial charge is 0.477 e. The summed E-state index contributed by atoms with van der Waals surface area (Å²) in [5.74, 6) is -2.10. The van der Waals surface area contributed by atoms with Crippen LogP contribution in [0.5, 0.6) is 0 Å². The average molecular weight is 357 g/mol. The van der Waals surface area contributed by atoms with Crippen molar-refractivity contribution >= 4 is 34.3 Å². The number of allylic oxidation sites excluding steroid dienone is 1. The number of carboxylic acid groups (broad SMARTS) is 1. The molecule has 0 bridgehead atoms. The van der Waals surface area contributed by atoms with Crippen molar-refractivity contribution in [3.05, 3.63) is 95.6 Å². The summed E-state index contributed by atoms with van der Waals surface area (Å²) in [4.78, 5) is 24.2. The number of Topliss-reactive ketones (excluding diaryl/α,β-unsaturated/α-hetero) is 1. The Morgan fingerprint density at radius 1 is 0.926 bits per heavy atom. The van der Waals surface area contributed by atoms with Gasteiger partial charge in [0.15, 0.2) is 11.3 Å². The number of benzene rings is 3. The van der Waals surface area contributed by atoms with E-state index in [2.05, 4.69) is 5.32 Å². The number of hydrogen-bond acceptors (Lipinski definition) is 4. The van der Waals surface area contributed by atoms with Gasteiger partial charge in [0.2, 0.25) is 11.7 Å². The predicted molar refractivity (Wildman–Crippen MR) is 103 cm³/mol. The Morgan fingerprint density at radius 2 is 1.63 bits per heavy atom. The van der Waals surface area contributed by atoms with Crippen LogP contribution in [0.1, 0.15) is 5.56 Å². The molecule has 0 radical (unpaired) electrons. The van der Waals surface area contributed by atoms with Crippen LogP contribution < -0.4 is 5.32 Å². The van der Waals surface area contributed by atoms with Gasteiger partial charge in [0.1, 0.15) is 0 Å². The number of ketones is 1. The van der Waals surface area contributed by atoms with E-state index in [1.165, 1.54) is 0 Å². The van der Waals surface area contributed by atoms with E-state index >= 15 is 0 Å². The summed E-state index contributed by atoms with van der Waals surface area (Å²) in [6, 6.07) is 22.4. The Morgan fingerprint density at radius 3 is 2.41 bits per heavy atom. The molecule has 0 amide bonds. The molecule has 5 heteroatoms. The van der Waals surface area contributed by atoms with Gasteiger partial charge >= 0.3 is 5.97 Å². The highest BCUT2D eigenvalue weighted by atomic mass is 16.5. The van der Waals surface area contributed by atoms with Crippen LogP contribution in [0.2, 0.25) is 0 Å². The van der Waals surface area contributed by atoms with Gasteiger partial charge in [0, 0.05) is 5.69 Å². The molecule has 0 unspecified atom stereocenters. The van der Waals surface area contributed by atoms with Gasteiger partial charge in [0.05, 0.1) is 0 Å². The third-order valence-electron chi connectivity index (χ3n) is 4.25. The number of ether oxygens (including phenoxy) is 1. The van der Waals surface area contributed by atoms with E-state index in [-0.39, 0.29) is 11.6 Å². The summed E-state index contributed by atoms with van der Waals surface area (Å²) in [5, 5.41) is 14.3. The normalized spacial score (nSPS) is 15.3. The molecule has 1 heterocycles. The molecule has 0 fully saturated rings. The fourth-order valence-corrected chi connectivity index (χ4v) is 2.98. The van der Waals surface area contributed by atoms with Crippen LogP contribution in [-0.2, 0) is 14.3 Å². The molecule has 1 aliphatic rings. The maximum atomic E-state index is 12.6. The molecule has 2 N–H and O–H groups in total. The lowest BCUT2D eigenvalue weighted by molar-refractivity contribution is -0.134. The highest BCUT2D eigenvalue weighted by molar-refractivity contribution is 6.26. The van der Waals surface area contributed by atoms with Crippen molar-refractivity contribution in [2.24, 2.45) is 0 Å². The molecule has 0 saturated carbocycles. The maximum absolute atomic E-state index is 12.6. The van der Waals surface area contributed by atoms with Crippen LogP contribution in [0.4, 0.5) is 5.69 Å². The Kier molecular flexibility index (Phi) is 4.18. The standard InChI is InChI=1S/C22H15NO4/c24-20-18(13-15-9-6-8-14-7-4-5-12-17(14)15)27-21(19(20)22(25)26)23-16-10-2-1-3-11-16/h1-13,23H,(H,25,26)/b18-13-. The molecule has 132 valence electrons. The fourth-order valence-electron chi connectivity index (χ4n) is 2.98. The van der Waals surface area contributed by atoms with Crippen LogP contribution in [0.25, 0.3) is 16.8 Å². The first-order valence-electron chi connectivity index (χ1n) is 8.35. The second-order valence-corrected chi connectivity index (χ2v) is 6.01. The van der Waals surface area contributed by atoms with Gasteiger partial charge in [-0.3, -0.25) is 4.79 Å². The van der Waals surface area contributed by atoms with E-state index in [9.17, 15) is 14.7 Å². The Bertz CT molecular complexity index is 1110. The fraction of sp³-hybridized carbons (Fsp3) is 0. The van der Waals surface area contributed by atoms with Crippen molar-refractivity contribution in [2.45, 2.75) is 0 Å². The highest BCUT2D eigenvalue weighted by Crippen LogP contribution is 2.29. The number of hydrogen-bond donors (Lipinski definition) is 2. The Balaban J connectivity index is 1.73. The Hall–Kier alpha value is -3.86. The first-order chi connectivity index (χ1) is 13.1. The zero-order valence-corrected chi connectivity index (χ0v) is 14.2. The van der Waals surface area contributed by atoms with Crippen molar-refractivity contribution in [1.29, 1.82) is 0 Å². The van der Waals surface area contributed by atoms with Gasteiger partial charge in [-0.1, -0.05) is 60.7 Å². The van der Waals surface area contributed by atoms with Crippen LogP contribution in [-0.4, -0.2) is 16.9 Å². The molecule has 0 saturated heterocycles. The molecule has 27 heavy (non-hydrogen) atoms. The zero-order valence-electron chi connectivity index (χ0n) is 14.2. The molecular weight excluding hydrogens is 342 g/mol. The summed E-state index contributed by atoms with van der Waals surface area (Å²) in [7, 11) is 0. The lowest BCUT2D eigenvalue weighted by atomic mass is 10.0. The number of carbonyl (C=O) groups is 2. The second-order valence-electron chi connectivity index (χ2n) is 6.01. The molecule has 4 rings (SSSR count). The number of anilines is 1. The first-order valence-corrected chi connectivity index (χ1v) is 8.35. The molecular formula is C22H15NO4. The number of fused-ring (bicyclic) bond motifs is 1. The summed E-state index contributed by atoms with van der Waals surface area (Å²) < 4.78 is 5.60. The van der Waals surface area contributed by atoms with Crippen LogP contribution in [0, 0.1) is 0 Å².